The molecule has 1 heterocycles. The van der Waals surface area contributed by atoms with E-state index >= 15 is 4.39 Å². The Labute approximate surface area is 138 Å². The number of aliphatic carboxylic acids is 1. The zero-order valence-corrected chi connectivity index (χ0v) is 13.3. The van der Waals surface area contributed by atoms with Gasteiger partial charge >= 0.3 is 5.97 Å². The summed E-state index contributed by atoms with van der Waals surface area (Å²) in [6.45, 7) is 1.96. The molecule has 1 aromatic carbocycles. The number of carbonyl (C=O) groups excluding carboxylic acids is 2. The number of halogens is 1. The molecule has 24 heavy (non-hydrogen) atoms. The van der Waals surface area contributed by atoms with Gasteiger partial charge in [-0.25, -0.2) is 9.18 Å². The molecule has 1 unspecified atom stereocenters. The third kappa shape index (κ3) is 2.76. The van der Waals surface area contributed by atoms with E-state index in [4.69, 9.17) is 5.73 Å². The van der Waals surface area contributed by atoms with E-state index in [1.807, 2.05) is 0 Å². The predicted octanol–water partition coefficient (Wildman–Crippen LogP) is 0.865. The Morgan fingerprint density at radius 2 is 1.92 bits per heavy atom. The number of alkyl halides is 1. The Morgan fingerprint density at radius 1 is 1.33 bits per heavy atom. The Hall–Kier alpha value is -2.74. The highest BCUT2D eigenvalue weighted by atomic mass is 19.1. The van der Waals surface area contributed by atoms with Gasteiger partial charge in [0.2, 0.25) is 5.91 Å². The van der Waals surface area contributed by atoms with E-state index in [1.54, 1.807) is 18.2 Å². The summed E-state index contributed by atoms with van der Waals surface area (Å²) >= 11 is 0. The summed E-state index contributed by atoms with van der Waals surface area (Å²) < 4.78 is 15.3. The van der Waals surface area contributed by atoms with Crippen LogP contribution in [-0.4, -0.2) is 46.7 Å². The molecule has 1 aliphatic rings. The number of hydrogen-bond donors (Lipinski definition) is 2. The summed E-state index contributed by atoms with van der Waals surface area (Å²) in [4.78, 5) is 37.3. The maximum atomic E-state index is 15.3. The van der Waals surface area contributed by atoms with E-state index in [9.17, 15) is 19.5 Å². The smallest absolute Gasteiger partial charge is 0.352 e. The van der Waals surface area contributed by atoms with Crippen molar-refractivity contribution in [2.24, 2.45) is 5.73 Å². The summed E-state index contributed by atoms with van der Waals surface area (Å²) in [5.74, 6) is -5.87. The zero-order chi connectivity index (χ0) is 18.1. The highest BCUT2D eigenvalue weighted by Crippen LogP contribution is 2.37. The van der Waals surface area contributed by atoms with Gasteiger partial charge in [-0.2, -0.15) is 0 Å². The number of rotatable bonds is 5. The number of anilines is 1. The van der Waals surface area contributed by atoms with Crippen molar-refractivity contribution in [2.75, 3.05) is 18.0 Å². The van der Waals surface area contributed by atoms with Crippen LogP contribution in [-0.2, 0) is 14.4 Å². The first-order chi connectivity index (χ1) is 11.2. The van der Waals surface area contributed by atoms with Gasteiger partial charge in [0.1, 0.15) is 5.70 Å². The number of β-lactam (4-membered cyclic amide) rings is 1. The van der Waals surface area contributed by atoms with Crippen molar-refractivity contribution in [1.82, 2.24) is 4.90 Å². The average Bonchev–Trinajstić information content (AvgIpc) is 2.54. The lowest BCUT2D eigenvalue weighted by molar-refractivity contribution is -0.164. The van der Waals surface area contributed by atoms with E-state index in [-0.39, 0.29) is 11.4 Å². The number of nitrogens with two attached hydrogens (primary N) is 1. The monoisotopic (exact) mass is 335 g/mol. The quantitative estimate of drug-likeness (QED) is 0.472. The van der Waals surface area contributed by atoms with Crippen LogP contribution in [0.2, 0.25) is 0 Å². The van der Waals surface area contributed by atoms with Crippen molar-refractivity contribution in [1.29, 1.82) is 0 Å². The Kier molecular flexibility index (Phi) is 4.70. The number of hydrogen-bond acceptors (Lipinski definition) is 4. The number of allylic oxidation sites excluding steroid dienone is 1. The summed E-state index contributed by atoms with van der Waals surface area (Å²) in [5, 5.41) is 9.20. The van der Waals surface area contributed by atoms with Gasteiger partial charge in [0.15, 0.2) is 0 Å². The molecule has 0 bridgehead atoms. The molecule has 1 saturated heterocycles. The number of carbonyl (C=O) groups is 3. The molecule has 1 atom stereocenters. The molecule has 0 aromatic heterocycles. The van der Waals surface area contributed by atoms with Crippen LogP contribution in [0.1, 0.15) is 13.8 Å². The number of amides is 2. The topological polar surface area (TPSA) is 104 Å². The highest BCUT2D eigenvalue weighted by Gasteiger charge is 2.61. The molecule has 3 N–H and O–H groups in total. The summed E-state index contributed by atoms with van der Waals surface area (Å²) in [5.41, 5.74) is 5.58. The van der Waals surface area contributed by atoms with Crippen LogP contribution >= 0.6 is 0 Å². The van der Waals surface area contributed by atoms with Crippen molar-refractivity contribution >= 4 is 23.5 Å². The minimum atomic E-state index is -2.66. The lowest BCUT2D eigenvalue weighted by atomic mass is 9.98. The zero-order valence-electron chi connectivity index (χ0n) is 13.3. The molecular weight excluding hydrogens is 317 g/mol. The predicted molar refractivity (Wildman–Crippen MR) is 84.5 cm³/mol. The second kappa shape index (κ2) is 6.40. The summed E-state index contributed by atoms with van der Waals surface area (Å²) in [7, 11) is 0. The number of para-hydroxylation sites is 1. The molecule has 2 amide bonds. The molecule has 0 saturated carbocycles. The minimum Gasteiger partial charge on any atom is -0.477 e. The number of carboxylic acids is 1. The van der Waals surface area contributed by atoms with Crippen LogP contribution in [0, 0.1) is 0 Å². The molecule has 1 fully saturated rings. The molecule has 128 valence electrons. The first-order valence-electron chi connectivity index (χ1n) is 7.24. The average molecular weight is 335 g/mol. The first kappa shape index (κ1) is 17.6. The standard InChI is InChI=1S/C16H18FN3O4/c1-10(2)13(14(22)23)19-9-16(17,15(19)24)20(12(21)8-18)11-6-4-3-5-7-11/h3-7H,8-9,18H2,1-2H3,(H,22,23). The van der Waals surface area contributed by atoms with E-state index in [2.05, 4.69) is 0 Å². The van der Waals surface area contributed by atoms with Gasteiger partial charge in [0.05, 0.1) is 13.1 Å². The third-order valence-corrected chi connectivity index (χ3v) is 3.68. The first-order valence-corrected chi connectivity index (χ1v) is 7.24. The second-order valence-corrected chi connectivity index (χ2v) is 5.57. The van der Waals surface area contributed by atoms with Gasteiger partial charge in [-0.05, 0) is 31.6 Å². The van der Waals surface area contributed by atoms with Gasteiger partial charge in [0, 0.05) is 5.69 Å². The van der Waals surface area contributed by atoms with Crippen LogP contribution in [0.4, 0.5) is 10.1 Å². The normalized spacial score (nSPS) is 19.5. The lowest BCUT2D eigenvalue weighted by Crippen LogP contribution is -2.73. The number of carboxylic acid groups (broad SMARTS) is 1. The van der Waals surface area contributed by atoms with Crippen molar-refractivity contribution < 1.29 is 23.9 Å². The molecule has 1 aliphatic heterocycles. The maximum absolute atomic E-state index is 15.3. The van der Waals surface area contributed by atoms with Gasteiger partial charge in [-0.15, -0.1) is 0 Å². The fourth-order valence-corrected chi connectivity index (χ4v) is 2.63. The van der Waals surface area contributed by atoms with Crippen LogP contribution in [0.15, 0.2) is 41.6 Å². The Bertz CT molecular complexity index is 715. The van der Waals surface area contributed by atoms with Crippen molar-refractivity contribution in [3.8, 4) is 0 Å². The lowest BCUT2D eigenvalue weighted by Gasteiger charge is -2.48. The van der Waals surface area contributed by atoms with Crippen LogP contribution in [0.5, 0.6) is 0 Å². The maximum Gasteiger partial charge on any atom is 0.352 e. The highest BCUT2D eigenvalue weighted by molar-refractivity contribution is 6.08. The van der Waals surface area contributed by atoms with Crippen molar-refractivity contribution in [3.05, 3.63) is 41.6 Å². The molecule has 0 aliphatic carbocycles. The van der Waals surface area contributed by atoms with E-state index < -0.39 is 36.7 Å². The van der Waals surface area contributed by atoms with Crippen molar-refractivity contribution in [3.63, 3.8) is 0 Å². The second-order valence-electron chi connectivity index (χ2n) is 5.57. The van der Waals surface area contributed by atoms with Gasteiger partial charge < -0.3 is 10.8 Å². The Morgan fingerprint density at radius 3 is 2.33 bits per heavy atom. The van der Waals surface area contributed by atoms with Crippen LogP contribution < -0.4 is 10.6 Å². The van der Waals surface area contributed by atoms with Gasteiger partial charge in [0.25, 0.3) is 11.7 Å². The summed E-state index contributed by atoms with van der Waals surface area (Å²) in [6.07, 6.45) is 0. The number of nitrogens with zero attached hydrogens (tertiary/aromatic N) is 2. The largest absolute Gasteiger partial charge is 0.477 e. The number of benzene rings is 1. The molecule has 0 radical (unpaired) electrons. The van der Waals surface area contributed by atoms with E-state index in [0.29, 0.717) is 10.5 Å². The fraction of sp³-hybridized carbons (Fsp3) is 0.312. The molecule has 2 rings (SSSR count). The molecule has 1 aromatic rings. The fourth-order valence-electron chi connectivity index (χ4n) is 2.63. The summed E-state index contributed by atoms with van der Waals surface area (Å²) in [6, 6.07) is 7.82. The molecule has 8 heteroatoms. The Balaban J connectivity index is 2.40. The SMILES string of the molecule is CC(C)=C(C(=O)O)N1CC(F)(N(C(=O)CN)c2ccccc2)C1=O. The molecular formula is C16H18FN3O4. The molecule has 0 spiro atoms. The van der Waals surface area contributed by atoms with Crippen molar-refractivity contribution in [2.45, 2.75) is 19.6 Å². The van der Waals surface area contributed by atoms with Crippen LogP contribution in [0.25, 0.3) is 0 Å². The van der Waals surface area contributed by atoms with Gasteiger partial charge in [-0.1, -0.05) is 18.2 Å². The van der Waals surface area contributed by atoms with Crippen LogP contribution in [0.3, 0.4) is 0 Å². The van der Waals surface area contributed by atoms with Gasteiger partial charge in [-0.3, -0.25) is 19.4 Å². The van der Waals surface area contributed by atoms with E-state index in [1.165, 1.54) is 26.0 Å². The van der Waals surface area contributed by atoms with E-state index in [0.717, 1.165) is 4.90 Å². The number of likely N-dealkylation sites (tertiary alicyclic amines) is 1. The minimum absolute atomic E-state index is 0.178. The molecule has 7 nitrogen and oxygen atoms in total. The third-order valence-electron chi connectivity index (χ3n) is 3.68.